The molecule has 142 valence electrons. The van der Waals surface area contributed by atoms with Crippen molar-refractivity contribution in [3.63, 3.8) is 0 Å². The molecular formula is C18H21N5O3S. The lowest BCUT2D eigenvalue weighted by Crippen LogP contribution is -2.43. The average Bonchev–Trinajstić information content (AvgIpc) is 3.20. The van der Waals surface area contributed by atoms with Crippen LogP contribution in [0.2, 0.25) is 0 Å². The third-order valence-electron chi connectivity index (χ3n) is 4.95. The van der Waals surface area contributed by atoms with Gasteiger partial charge in [-0.1, -0.05) is 23.5 Å². The largest absolute Gasteiger partial charge is 0.420 e. The van der Waals surface area contributed by atoms with E-state index in [9.17, 15) is 9.59 Å². The topological polar surface area (TPSA) is 93.3 Å². The summed E-state index contributed by atoms with van der Waals surface area (Å²) in [6, 6.07) is 7.83. The minimum atomic E-state index is -0.555. The molecule has 0 unspecified atom stereocenters. The van der Waals surface area contributed by atoms with Crippen LogP contribution < -0.4 is 16.0 Å². The van der Waals surface area contributed by atoms with Gasteiger partial charge in [0.05, 0.1) is 5.52 Å². The number of carbonyl (C=O) groups excluding carboxylic acids is 1. The quantitative estimate of drug-likeness (QED) is 0.740. The highest BCUT2D eigenvalue weighted by Crippen LogP contribution is 2.32. The predicted molar refractivity (Wildman–Crippen MR) is 104 cm³/mol. The number of para-hydroxylation sites is 2. The Hall–Kier alpha value is -2.68. The number of oxazole rings is 1. The summed E-state index contributed by atoms with van der Waals surface area (Å²) >= 11 is 1.36. The number of carbonyl (C=O) groups is 1. The van der Waals surface area contributed by atoms with Gasteiger partial charge < -0.3 is 9.32 Å². The van der Waals surface area contributed by atoms with Crippen LogP contribution in [0, 0.1) is 0 Å². The van der Waals surface area contributed by atoms with E-state index in [2.05, 4.69) is 34.3 Å². The summed E-state index contributed by atoms with van der Waals surface area (Å²) < 4.78 is 6.46. The number of fused-ring (bicyclic) bond motifs is 1. The van der Waals surface area contributed by atoms with Crippen molar-refractivity contribution < 1.29 is 9.21 Å². The highest BCUT2D eigenvalue weighted by Gasteiger charge is 2.27. The van der Waals surface area contributed by atoms with Gasteiger partial charge in [0, 0.05) is 12.1 Å². The van der Waals surface area contributed by atoms with Crippen molar-refractivity contribution in [2.45, 2.75) is 51.7 Å². The van der Waals surface area contributed by atoms with Crippen molar-refractivity contribution in [3.8, 4) is 0 Å². The van der Waals surface area contributed by atoms with E-state index in [0.717, 1.165) is 18.0 Å². The van der Waals surface area contributed by atoms with Crippen LogP contribution >= 0.6 is 11.3 Å². The fourth-order valence-corrected chi connectivity index (χ4v) is 4.60. The predicted octanol–water partition coefficient (Wildman–Crippen LogP) is 2.85. The first kappa shape index (κ1) is 17.7. The molecule has 8 nitrogen and oxygen atoms in total. The highest BCUT2D eigenvalue weighted by atomic mass is 32.1. The Morgan fingerprint density at radius 1 is 1.26 bits per heavy atom. The summed E-state index contributed by atoms with van der Waals surface area (Å²) in [6.07, 6.45) is 3.47. The van der Waals surface area contributed by atoms with Crippen molar-refractivity contribution in [3.05, 3.63) is 34.8 Å². The summed E-state index contributed by atoms with van der Waals surface area (Å²) in [4.78, 5) is 26.7. The molecule has 2 aromatic heterocycles. The van der Waals surface area contributed by atoms with Crippen LogP contribution in [0.4, 0.5) is 10.3 Å². The van der Waals surface area contributed by atoms with Gasteiger partial charge in [0.15, 0.2) is 5.58 Å². The molecule has 27 heavy (non-hydrogen) atoms. The third kappa shape index (κ3) is 3.46. The number of hydrogen-bond acceptors (Lipinski definition) is 7. The molecular weight excluding hydrogens is 366 g/mol. The molecule has 4 rings (SSSR count). The van der Waals surface area contributed by atoms with Crippen LogP contribution in [0.1, 0.15) is 33.1 Å². The zero-order valence-corrected chi connectivity index (χ0v) is 16.0. The van der Waals surface area contributed by atoms with Gasteiger partial charge in [-0.25, -0.2) is 4.79 Å². The summed E-state index contributed by atoms with van der Waals surface area (Å²) in [6.45, 7) is 4.23. The molecule has 9 heteroatoms. The van der Waals surface area contributed by atoms with Crippen LogP contribution in [0.3, 0.4) is 0 Å². The molecule has 0 saturated carbocycles. The van der Waals surface area contributed by atoms with Gasteiger partial charge in [-0.3, -0.25) is 14.7 Å². The molecule has 2 atom stereocenters. The Kier molecular flexibility index (Phi) is 4.69. The first-order valence-electron chi connectivity index (χ1n) is 9.03. The van der Waals surface area contributed by atoms with Crippen LogP contribution in [-0.2, 0) is 11.3 Å². The molecule has 0 radical (unpaired) electrons. The van der Waals surface area contributed by atoms with Gasteiger partial charge in [-0.05, 0) is 45.2 Å². The van der Waals surface area contributed by atoms with E-state index in [0.29, 0.717) is 28.3 Å². The molecule has 0 bridgehead atoms. The number of piperidine rings is 1. The van der Waals surface area contributed by atoms with E-state index < -0.39 is 5.76 Å². The number of anilines is 2. The number of amides is 1. The highest BCUT2D eigenvalue weighted by molar-refractivity contribution is 7.19. The molecule has 1 amide bonds. The molecule has 1 aliphatic heterocycles. The molecule has 3 heterocycles. The van der Waals surface area contributed by atoms with E-state index >= 15 is 0 Å². The maximum atomic E-state index is 12.4. The maximum Gasteiger partial charge on any atom is 0.420 e. The van der Waals surface area contributed by atoms with Gasteiger partial charge in [0.1, 0.15) is 6.54 Å². The summed E-state index contributed by atoms with van der Waals surface area (Å²) in [5.74, 6) is -0.897. The van der Waals surface area contributed by atoms with Crippen LogP contribution in [0.5, 0.6) is 0 Å². The van der Waals surface area contributed by atoms with E-state index in [1.165, 1.54) is 22.3 Å². The zero-order chi connectivity index (χ0) is 19.0. The Bertz CT molecular complexity index is 1010. The number of hydrogen-bond donors (Lipinski definition) is 1. The number of aromatic nitrogens is 3. The second kappa shape index (κ2) is 7.15. The number of benzene rings is 1. The lowest BCUT2D eigenvalue weighted by Gasteiger charge is -2.38. The van der Waals surface area contributed by atoms with Gasteiger partial charge in [0.25, 0.3) is 0 Å². The summed E-state index contributed by atoms with van der Waals surface area (Å²) in [5, 5.41) is 12.3. The smallest absolute Gasteiger partial charge is 0.408 e. The maximum absolute atomic E-state index is 12.4. The normalized spacial score (nSPS) is 20.1. The van der Waals surface area contributed by atoms with Crippen molar-refractivity contribution in [1.29, 1.82) is 0 Å². The van der Waals surface area contributed by atoms with Gasteiger partial charge in [-0.15, -0.1) is 10.2 Å². The Morgan fingerprint density at radius 3 is 2.78 bits per heavy atom. The fraction of sp³-hybridized carbons (Fsp3) is 0.444. The van der Waals surface area contributed by atoms with Crippen LogP contribution in [-0.4, -0.2) is 32.8 Å². The lowest BCUT2D eigenvalue weighted by atomic mass is 9.98. The number of rotatable bonds is 4. The standard InChI is InChI=1S/C18H21N5O3S/c1-11-6-5-7-12(2)23(11)17-21-20-16(27-17)19-15(24)10-22-13-8-3-4-9-14(13)26-18(22)25/h3-4,8-9,11-12H,5-7,10H2,1-2H3,(H,19,20,24)/t11-,12-/m1/s1. The van der Waals surface area contributed by atoms with Gasteiger partial charge in [0.2, 0.25) is 16.2 Å². The Labute approximate surface area is 159 Å². The average molecular weight is 387 g/mol. The molecule has 0 spiro atoms. The number of nitrogens with zero attached hydrogens (tertiary/aromatic N) is 4. The van der Waals surface area contributed by atoms with Crippen molar-refractivity contribution in [2.75, 3.05) is 10.2 Å². The minimum absolute atomic E-state index is 0.138. The Balaban J connectivity index is 1.48. The fourth-order valence-electron chi connectivity index (χ4n) is 3.63. The van der Waals surface area contributed by atoms with E-state index in [4.69, 9.17) is 4.42 Å². The van der Waals surface area contributed by atoms with Crippen molar-refractivity contribution >= 4 is 38.6 Å². The molecule has 1 aromatic carbocycles. The second-order valence-corrected chi connectivity index (χ2v) is 7.85. The first-order chi connectivity index (χ1) is 13.0. The van der Waals surface area contributed by atoms with Crippen LogP contribution in [0.15, 0.2) is 33.5 Å². The number of nitrogens with one attached hydrogen (secondary N) is 1. The van der Waals surface area contributed by atoms with Gasteiger partial charge in [-0.2, -0.15) is 0 Å². The van der Waals surface area contributed by atoms with E-state index in [1.807, 2.05) is 0 Å². The summed E-state index contributed by atoms with van der Waals surface area (Å²) in [5.41, 5.74) is 1.05. The monoisotopic (exact) mass is 387 g/mol. The zero-order valence-electron chi connectivity index (χ0n) is 15.2. The molecule has 1 saturated heterocycles. The molecule has 3 aromatic rings. The second-order valence-electron chi connectivity index (χ2n) is 6.90. The van der Waals surface area contributed by atoms with E-state index in [1.54, 1.807) is 24.3 Å². The molecule has 1 fully saturated rings. The van der Waals surface area contributed by atoms with Gasteiger partial charge >= 0.3 is 5.76 Å². The Morgan fingerprint density at radius 2 is 2.00 bits per heavy atom. The summed E-state index contributed by atoms with van der Waals surface area (Å²) in [7, 11) is 0. The van der Waals surface area contributed by atoms with E-state index in [-0.39, 0.29) is 12.5 Å². The molecule has 1 N–H and O–H groups in total. The van der Waals surface area contributed by atoms with Crippen molar-refractivity contribution in [2.24, 2.45) is 0 Å². The third-order valence-corrected chi connectivity index (χ3v) is 5.80. The first-order valence-corrected chi connectivity index (χ1v) is 9.84. The minimum Gasteiger partial charge on any atom is -0.408 e. The molecule has 1 aliphatic rings. The lowest BCUT2D eigenvalue weighted by molar-refractivity contribution is -0.116. The SMILES string of the molecule is C[C@@H]1CCC[C@@H](C)N1c1nnc(NC(=O)Cn2c(=O)oc3ccccc32)s1. The molecule has 0 aliphatic carbocycles. The van der Waals surface area contributed by atoms with Crippen molar-refractivity contribution in [1.82, 2.24) is 14.8 Å². The van der Waals surface area contributed by atoms with Crippen LogP contribution in [0.25, 0.3) is 11.1 Å².